The lowest BCUT2D eigenvalue weighted by Crippen LogP contribution is -2.49. The van der Waals surface area contributed by atoms with Crippen LogP contribution in [0, 0.1) is 5.92 Å². The highest BCUT2D eigenvalue weighted by atomic mass is 19.4. The highest BCUT2D eigenvalue weighted by Gasteiger charge is 2.46. The van der Waals surface area contributed by atoms with E-state index in [1.807, 2.05) is 5.32 Å². The van der Waals surface area contributed by atoms with Crippen molar-refractivity contribution in [3.8, 4) is 0 Å². The Bertz CT molecular complexity index is 290. The van der Waals surface area contributed by atoms with Gasteiger partial charge in [-0.25, -0.2) is 0 Å². The molecule has 1 fully saturated rings. The summed E-state index contributed by atoms with van der Waals surface area (Å²) in [4.78, 5) is 21.5. The van der Waals surface area contributed by atoms with Crippen molar-refractivity contribution in [2.45, 2.75) is 37.9 Å². The van der Waals surface area contributed by atoms with E-state index >= 15 is 0 Å². The quantitative estimate of drug-likeness (QED) is 0.763. The number of carbonyl (C=O) groups is 2. The molecule has 0 aliphatic carbocycles. The lowest BCUT2D eigenvalue weighted by atomic mass is 9.92. The van der Waals surface area contributed by atoms with Gasteiger partial charge in [0.25, 0.3) is 0 Å². The molecule has 1 amide bonds. The molecule has 0 aromatic heterocycles. The summed E-state index contributed by atoms with van der Waals surface area (Å²) in [6, 6.07) is -2.04. The van der Waals surface area contributed by atoms with Crippen LogP contribution in [0.15, 0.2) is 0 Å². The highest BCUT2D eigenvalue weighted by molar-refractivity contribution is 5.77. The minimum atomic E-state index is -4.60. The van der Waals surface area contributed by atoms with Gasteiger partial charge in [0.1, 0.15) is 6.04 Å². The van der Waals surface area contributed by atoms with Gasteiger partial charge in [0.2, 0.25) is 5.91 Å². The zero-order chi connectivity index (χ0) is 12.3. The van der Waals surface area contributed by atoms with E-state index in [4.69, 9.17) is 5.11 Å². The summed E-state index contributed by atoms with van der Waals surface area (Å²) < 4.78 is 37.8. The molecule has 0 aromatic carbocycles. The van der Waals surface area contributed by atoms with Crippen LogP contribution in [0.25, 0.3) is 0 Å². The molecule has 1 heterocycles. The fourth-order valence-corrected chi connectivity index (χ4v) is 1.85. The third-order valence-electron chi connectivity index (χ3n) is 2.56. The number of carbonyl (C=O) groups excluding carboxylic acids is 1. The summed E-state index contributed by atoms with van der Waals surface area (Å²) in [6.07, 6.45) is -4.78. The second kappa shape index (κ2) is 4.71. The van der Waals surface area contributed by atoms with E-state index in [-0.39, 0.29) is 19.3 Å². The van der Waals surface area contributed by atoms with Gasteiger partial charge in [0, 0.05) is 6.42 Å². The van der Waals surface area contributed by atoms with Gasteiger partial charge in [-0.15, -0.1) is 0 Å². The van der Waals surface area contributed by atoms with Crippen molar-refractivity contribution in [1.29, 1.82) is 0 Å². The number of nitrogens with one attached hydrogen (secondary N) is 1. The first-order valence-electron chi connectivity index (χ1n) is 4.88. The van der Waals surface area contributed by atoms with E-state index in [1.54, 1.807) is 0 Å². The molecule has 0 aromatic rings. The Morgan fingerprint density at radius 1 is 1.50 bits per heavy atom. The smallest absolute Gasteiger partial charge is 0.408 e. The Balaban J connectivity index is 2.83. The summed E-state index contributed by atoms with van der Waals surface area (Å²) in [5, 5.41) is 10.4. The van der Waals surface area contributed by atoms with Gasteiger partial charge in [-0.1, -0.05) is 0 Å². The van der Waals surface area contributed by atoms with E-state index in [9.17, 15) is 22.8 Å². The average Bonchev–Trinajstić information content (AvgIpc) is 2.26. The molecule has 0 unspecified atom stereocenters. The van der Waals surface area contributed by atoms with Crippen molar-refractivity contribution in [1.82, 2.24) is 5.32 Å². The molecule has 16 heavy (non-hydrogen) atoms. The van der Waals surface area contributed by atoms with Gasteiger partial charge in [0.05, 0.1) is 6.42 Å². The van der Waals surface area contributed by atoms with Crippen molar-refractivity contribution >= 4 is 11.9 Å². The topological polar surface area (TPSA) is 66.4 Å². The van der Waals surface area contributed by atoms with E-state index in [1.165, 1.54) is 0 Å². The molecule has 1 saturated heterocycles. The van der Waals surface area contributed by atoms with Crippen LogP contribution in [0.4, 0.5) is 13.2 Å². The van der Waals surface area contributed by atoms with Crippen LogP contribution in [0.5, 0.6) is 0 Å². The summed E-state index contributed by atoms with van der Waals surface area (Å²) in [5.74, 6) is -3.03. The van der Waals surface area contributed by atoms with Crippen LogP contribution < -0.4 is 5.32 Å². The largest absolute Gasteiger partial charge is 0.481 e. The Morgan fingerprint density at radius 3 is 2.62 bits per heavy atom. The number of hydrogen-bond donors (Lipinski definition) is 2. The van der Waals surface area contributed by atoms with Crippen LogP contribution in [0.3, 0.4) is 0 Å². The second-order valence-corrected chi connectivity index (χ2v) is 3.84. The predicted octanol–water partition coefficient (Wildman–Crippen LogP) is 1.31. The van der Waals surface area contributed by atoms with E-state index < -0.39 is 36.4 Å². The first-order valence-corrected chi connectivity index (χ1v) is 4.88. The van der Waals surface area contributed by atoms with E-state index in [0.29, 0.717) is 0 Å². The zero-order valence-electron chi connectivity index (χ0n) is 8.38. The first-order chi connectivity index (χ1) is 7.30. The van der Waals surface area contributed by atoms with Gasteiger partial charge in [0.15, 0.2) is 0 Å². The van der Waals surface area contributed by atoms with Crippen molar-refractivity contribution in [3.05, 3.63) is 0 Å². The lowest BCUT2D eigenvalue weighted by molar-refractivity contribution is -0.173. The van der Waals surface area contributed by atoms with Gasteiger partial charge in [-0.2, -0.15) is 13.2 Å². The summed E-state index contributed by atoms with van der Waals surface area (Å²) in [7, 11) is 0. The fraction of sp³-hybridized carbons (Fsp3) is 0.778. The summed E-state index contributed by atoms with van der Waals surface area (Å²) in [6.45, 7) is 0. The maximum absolute atomic E-state index is 12.6. The number of carboxylic acid groups (broad SMARTS) is 1. The molecular weight excluding hydrogens is 227 g/mol. The van der Waals surface area contributed by atoms with Crippen LogP contribution >= 0.6 is 0 Å². The third-order valence-corrected chi connectivity index (χ3v) is 2.56. The Labute approximate surface area is 89.8 Å². The minimum absolute atomic E-state index is 0.0166. The molecule has 1 aliphatic rings. The van der Waals surface area contributed by atoms with Gasteiger partial charge >= 0.3 is 12.1 Å². The standard InChI is InChI=1S/C9H12F3NO3/c10-9(11,12)8-5(4-7(15)16)2-1-3-6(14)13-8/h5,8H,1-4H2,(H,13,14)(H,15,16)/t5-,8+/m1/s1. The number of carboxylic acids is 1. The molecule has 7 heteroatoms. The molecule has 0 spiro atoms. The van der Waals surface area contributed by atoms with Crippen molar-refractivity contribution in [2.24, 2.45) is 5.92 Å². The number of amides is 1. The molecular formula is C9H12F3NO3. The van der Waals surface area contributed by atoms with E-state index in [2.05, 4.69) is 0 Å². The molecule has 1 aliphatic heterocycles. The molecule has 0 saturated carbocycles. The Morgan fingerprint density at radius 2 is 2.12 bits per heavy atom. The maximum Gasteiger partial charge on any atom is 0.408 e. The zero-order valence-corrected chi connectivity index (χ0v) is 8.38. The Hall–Kier alpha value is -1.27. The predicted molar refractivity (Wildman–Crippen MR) is 47.6 cm³/mol. The Kier molecular flexibility index (Phi) is 3.77. The molecule has 1 rings (SSSR count). The molecule has 92 valence electrons. The van der Waals surface area contributed by atoms with Gasteiger partial charge < -0.3 is 10.4 Å². The maximum atomic E-state index is 12.6. The molecule has 0 radical (unpaired) electrons. The number of rotatable bonds is 2. The van der Waals surface area contributed by atoms with Gasteiger partial charge in [-0.3, -0.25) is 9.59 Å². The number of hydrogen-bond acceptors (Lipinski definition) is 2. The number of halogens is 3. The molecule has 4 nitrogen and oxygen atoms in total. The van der Waals surface area contributed by atoms with Crippen LogP contribution in [0.2, 0.25) is 0 Å². The minimum Gasteiger partial charge on any atom is -0.481 e. The second-order valence-electron chi connectivity index (χ2n) is 3.84. The third kappa shape index (κ3) is 3.39. The number of alkyl halides is 3. The van der Waals surface area contributed by atoms with Gasteiger partial charge in [-0.05, 0) is 18.8 Å². The monoisotopic (exact) mass is 239 g/mol. The lowest BCUT2D eigenvalue weighted by Gasteiger charge is -2.26. The average molecular weight is 239 g/mol. The van der Waals surface area contributed by atoms with Crippen LogP contribution in [-0.4, -0.2) is 29.2 Å². The SMILES string of the molecule is O=C(O)C[C@H]1CCCC(=O)N[C@@H]1C(F)(F)F. The molecule has 2 N–H and O–H groups in total. The number of aliphatic carboxylic acids is 1. The fourth-order valence-electron chi connectivity index (χ4n) is 1.85. The summed E-state index contributed by atoms with van der Waals surface area (Å²) >= 11 is 0. The van der Waals surface area contributed by atoms with E-state index in [0.717, 1.165) is 0 Å². The molecule has 2 atom stereocenters. The first kappa shape index (κ1) is 12.8. The van der Waals surface area contributed by atoms with Crippen molar-refractivity contribution in [3.63, 3.8) is 0 Å². The van der Waals surface area contributed by atoms with Crippen LogP contribution in [-0.2, 0) is 9.59 Å². The summed E-state index contributed by atoms with van der Waals surface area (Å²) in [5.41, 5.74) is 0. The highest BCUT2D eigenvalue weighted by Crippen LogP contribution is 2.32. The molecule has 0 bridgehead atoms. The van der Waals surface area contributed by atoms with Crippen molar-refractivity contribution in [2.75, 3.05) is 0 Å². The van der Waals surface area contributed by atoms with Crippen LogP contribution in [0.1, 0.15) is 25.7 Å². The normalized spacial score (nSPS) is 27.1. The van der Waals surface area contributed by atoms with Crippen molar-refractivity contribution < 1.29 is 27.9 Å².